The van der Waals surface area contributed by atoms with Crippen LogP contribution in [-0.4, -0.2) is 48.2 Å². The van der Waals surface area contributed by atoms with Crippen LogP contribution in [0, 0.1) is 0 Å². The van der Waals surface area contributed by atoms with Crippen molar-refractivity contribution >= 4 is 11.8 Å². The first-order valence-corrected chi connectivity index (χ1v) is 10.5. The van der Waals surface area contributed by atoms with E-state index in [1.807, 2.05) is 0 Å². The van der Waals surface area contributed by atoms with Crippen molar-refractivity contribution in [2.24, 2.45) is 0 Å². The van der Waals surface area contributed by atoms with Crippen molar-refractivity contribution in [3.05, 3.63) is 71.8 Å². The maximum Gasteiger partial charge on any atom is 0.418 e. The number of likely N-dealkylation sites (tertiary alicyclic amines) is 1. The van der Waals surface area contributed by atoms with Crippen LogP contribution in [0.1, 0.15) is 39.1 Å². The van der Waals surface area contributed by atoms with Crippen LogP contribution in [0.2, 0.25) is 0 Å². The molecule has 3 N–H and O–H groups in total. The average Bonchev–Trinajstić information content (AvgIpc) is 3.47. The molecule has 10 heteroatoms. The fourth-order valence-electron chi connectivity index (χ4n) is 4.51. The Hall–Kier alpha value is -3.53. The van der Waals surface area contributed by atoms with Crippen molar-refractivity contribution in [3.8, 4) is 11.1 Å². The number of hydrogen-bond donors (Lipinski definition) is 1. The van der Waals surface area contributed by atoms with Crippen molar-refractivity contribution in [2.45, 2.75) is 30.8 Å². The lowest BCUT2D eigenvalue weighted by molar-refractivity contribution is -0.401. The van der Waals surface area contributed by atoms with E-state index in [0.717, 1.165) is 6.42 Å². The van der Waals surface area contributed by atoms with E-state index in [0.29, 0.717) is 24.3 Å². The van der Waals surface area contributed by atoms with Gasteiger partial charge in [-0.15, -0.1) is 0 Å². The Kier molecular flexibility index (Phi) is 5.24. The zero-order chi connectivity index (χ0) is 23.2. The molecule has 33 heavy (non-hydrogen) atoms. The lowest BCUT2D eigenvalue weighted by Crippen LogP contribution is -2.44. The number of fused-ring (bicyclic) bond motifs is 3. The van der Waals surface area contributed by atoms with Crippen molar-refractivity contribution in [3.63, 3.8) is 0 Å². The van der Waals surface area contributed by atoms with E-state index in [1.54, 1.807) is 41.3 Å². The van der Waals surface area contributed by atoms with E-state index in [2.05, 4.69) is 15.3 Å². The third kappa shape index (κ3) is 3.91. The van der Waals surface area contributed by atoms with Gasteiger partial charge in [0.15, 0.2) is 6.20 Å². The number of aromatic amines is 2. The Morgan fingerprint density at radius 3 is 2.39 bits per heavy atom. The molecular weight excluding hydrogens is 437 g/mol. The molecule has 3 atom stereocenters. The van der Waals surface area contributed by atoms with Gasteiger partial charge in [0.25, 0.3) is 11.4 Å². The van der Waals surface area contributed by atoms with Gasteiger partial charge in [-0.2, -0.15) is 18.2 Å². The predicted octanol–water partition coefficient (Wildman–Crippen LogP) is 2.07. The minimum Gasteiger partial charge on any atom is -0.374 e. The second-order valence-corrected chi connectivity index (χ2v) is 8.18. The highest BCUT2D eigenvalue weighted by atomic mass is 19.4. The van der Waals surface area contributed by atoms with E-state index in [-0.39, 0.29) is 35.1 Å². The number of alkyl halides is 3. The van der Waals surface area contributed by atoms with Gasteiger partial charge in [0.2, 0.25) is 11.7 Å². The molecule has 0 saturated carbocycles. The Balaban J connectivity index is 1.50. The summed E-state index contributed by atoms with van der Waals surface area (Å²) in [5.74, 6) is -1.26. The molecule has 2 amide bonds. The molecule has 1 aromatic rings. The highest BCUT2D eigenvalue weighted by Crippen LogP contribution is 2.34. The molecule has 0 radical (unpaired) electrons. The Morgan fingerprint density at radius 2 is 1.79 bits per heavy atom. The summed E-state index contributed by atoms with van der Waals surface area (Å²) in [6, 6.07) is 10.3. The first kappa shape index (κ1) is 21.3. The van der Waals surface area contributed by atoms with E-state index < -0.39 is 18.1 Å². The molecular formula is C23H21F3N4O3+2. The quantitative estimate of drug-likeness (QED) is 0.650. The number of halogens is 3. The fourth-order valence-corrected chi connectivity index (χ4v) is 4.51. The van der Waals surface area contributed by atoms with Crippen molar-refractivity contribution in [1.29, 1.82) is 0 Å². The van der Waals surface area contributed by atoms with Crippen LogP contribution in [-0.2, 0) is 4.74 Å². The number of H-pyrrole nitrogens is 2. The number of ether oxygens (including phenoxy) is 1. The SMILES string of the molecule is O=C(NC(c1cccc[nH+]1)C(F)(F)F)c1[nH+]c(C(=O)N2C[C@@H]3C[C@H]2CO3)c2cccccc1-2. The van der Waals surface area contributed by atoms with Gasteiger partial charge < -0.3 is 15.0 Å². The summed E-state index contributed by atoms with van der Waals surface area (Å²) in [4.78, 5) is 33.4. The maximum absolute atomic E-state index is 13.8. The van der Waals surface area contributed by atoms with E-state index in [4.69, 9.17) is 4.74 Å². The number of amides is 2. The summed E-state index contributed by atoms with van der Waals surface area (Å²) in [6.45, 7) is 0.904. The molecule has 4 heterocycles. The summed E-state index contributed by atoms with van der Waals surface area (Å²) < 4.78 is 46.8. The van der Waals surface area contributed by atoms with Crippen molar-refractivity contribution < 1.29 is 37.5 Å². The number of carbonyl (C=O) groups is 2. The number of hydrogen-bond acceptors (Lipinski definition) is 3. The molecule has 170 valence electrons. The molecule has 2 bridgehead atoms. The topological polar surface area (TPSA) is 86.9 Å². The number of nitrogens with one attached hydrogen (secondary N) is 3. The summed E-state index contributed by atoms with van der Waals surface area (Å²) in [5.41, 5.74) is 0.696. The van der Waals surface area contributed by atoms with Crippen molar-refractivity contribution in [1.82, 2.24) is 10.2 Å². The number of pyridine rings is 1. The van der Waals surface area contributed by atoms with E-state index >= 15 is 0 Å². The molecule has 1 aromatic heterocycles. The molecule has 7 nitrogen and oxygen atoms in total. The molecule has 1 aliphatic carbocycles. The lowest BCUT2D eigenvalue weighted by Gasteiger charge is -2.25. The average molecular weight is 458 g/mol. The Labute approximate surface area is 186 Å². The van der Waals surface area contributed by atoms with Crippen molar-refractivity contribution in [2.75, 3.05) is 13.2 Å². The highest BCUT2D eigenvalue weighted by Gasteiger charge is 2.48. The molecule has 5 rings (SSSR count). The predicted molar refractivity (Wildman–Crippen MR) is 108 cm³/mol. The molecule has 0 aromatic carbocycles. The molecule has 2 saturated heterocycles. The monoisotopic (exact) mass is 458 g/mol. The minimum absolute atomic E-state index is 0.00581. The highest BCUT2D eigenvalue weighted by molar-refractivity contribution is 6.05. The van der Waals surface area contributed by atoms with Crippen LogP contribution in [0.25, 0.3) is 11.1 Å². The molecule has 1 unspecified atom stereocenters. The van der Waals surface area contributed by atoms with E-state index in [9.17, 15) is 22.8 Å². The van der Waals surface area contributed by atoms with Crippen LogP contribution in [0.5, 0.6) is 0 Å². The first-order chi connectivity index (χ1) is 15.8. The van der Waals surface area contributed by atoms with Gasteiger partial charge in [0.05, 0.1) is 29.9 Å². The van der Waals surface area contributed by atoms with Gasteiger partial charge >= 0.3 is 18.0 Å². The van der Waals surface area contributed by atoms with Crippen LogP contribution < -0.4 is 15.3 Å². The van der Waals surface area contributed by atoms with Gasteiger partial charge in [-0.3, -0.25) is 9.59 Å². The number of nitrogens with zero attached hydrogens (tertiary/aromatic N) is 1. The third-order valence-electron chi connectivity index (χ3n) is 6.08. The standard InChI is InChI=1S/C23H19F3N4O3/c24-23(25,26)20(17-8-4-5-9-27-17)29-21(31)18-15-6-2-1-3-7-16(15)19(28-18)22(32)30-11-14-10-13(30)12-33-14/h1-9,13-14,20H,10-12H2,(H,29,31)/p+2/t13-,14-,20?/m0/s1. The van der Waals surface area contributed by atoms with Gasteiger partial charge in [0, 0.05) is 18.7 Å². The van der Waals surface area contributed by atoms with Crippen LogP contribution >= 0.6 is 0 Å². The molecule has 2 fully saturated rings. The Bertz CT molecular complexity index is 1170. The minimum atomic E-state index is -4.73. The summed E-state index contributed by atoms with van der Waals surface area (Å²) >= 11 is 0. The largest absolute Gasteiger partial charge is 0.418 e. The zero-order valence-corrected chi connectivity index (χ0v) is 17.4. The molecule has 4 aliphatic rings. The zero-order valence-electron chi connectivity index (χ0n) is 17.4. The third-order valence-corrected chi connectivity index (χ3v) is 6.08. The summed E-state index contributed by atoms with van der Waals surface area (Å²) in [5, 5.41) is 2.07. The normalized spacial score (nSPS) is 20.8. The number of aromatic nitrogens is 2. The number of morpholine rings is 1. The van der Waals surface area contributed by atoms with Gasteiger partial charge in [0.1, 0.15) is 0 Å². The number of rotatable bonds is 4. The summed E-state index contributed by atoms with van der Waals surface area (Å²) in [6.07, 6.45) is -2.62. The maximum atomic E-state index is 13.8. The number of carbonyl (C=O) groups excluding carboxylic acids is 2. The first-order valence-electron chi connectivity index (χ1n) is 10.5. The van der Waals surface area contributed by atoms with Crippen LogP contribution in [0.4, 0.5) is 13.2 Å². The Morgan fingerprint density at radius 1 is 1.06 bits per heavy atom. The van der Waals surface area contributed by atoms with Crippen LogP contribution in [0.15, 0.2) is 54.7 Å². The lowest BCUT2D eigenvalue weighted by atomic mass is 10.1. The molecule has 0 spiro atoms. The second-order valence-electron chi connectivity index (χ2n) is 8.18. The fraction of sp³-hybridized carbons (Fsp3) is 0.304. The van der Waals surface area contributed by atoms with Gasteiger partial charge in [-0.05, 0) is 18.6 Å². The smallest absolute Gasteiger partial charge is 0.374 e. The second kappa shape index (κ2) is 8.11. The van der Waals surface area contributed by atoms with Gasteiger partial charge in [-0.1, -0.05) is 24.3 Å². The van der Waals surface area contributed by atoms with Gasteiger partial charge in [-0.25, -0.2) is 4.98 Å². The van der Waals surface area contributed by atoms with Crippen LogP contribution in [0.3, 0.4) is 0 Å². The van der Waals surface area contributed by atoms with E-state index in [1.165, 1.54) is 18.3 Å². The molecule has 3 aliphatic heterocycles. The summed E-state index contributed by atoms with van der Waals surface area (Å²) in [7, 11) is 0.